The van der Waals surface area contributed by atoms with Gasteiger partial charge in [-0.05, 0) is 37.6 Å². The van der Waals surface area contributed by atoms with E-state index >= 15 is 0 Å². The van der Waals surface area contributed by atoms with Crippen LogP contribution < -0.4 is 0 Å². The lowest BCUT2D eigenvalue weighted by Gasteiger charge is -2.13. The van der Waals surface area contributed by atoms with Gasteiger partial charge in [-0.1, -0.05) is 15.9 Å². The molecule has 1 unspecified atom stereocenters. The first kappa shape index (κ1) is 14.2. The second kappa shape index (κ2) is 5.43. The van der Waals surface area contributed by atoms with Crippen molar-refractivity contribution in [3.05, 3.63) is 51.0 Å². The number of aryl methyl sites for hydroxylation is 2. The van der Waals surface area contributed by atoms with E-state index in [9.17, 15) is 9.50 Å². The molecule has 2 aromatic rings. The van der Waals surface area contributed by atoms with Crippen molar-refractivity contribution in [2.24, 2.45) is 7.05 Å². The van der Waals surface area contributed by atoms with Gasteiger partial charge in [0.15, 0.2) is 0 Å². The zero-order valence-electron chi connectivity index (χ0n) is 11.1. The smallest absolute Gasteiger partial charge is 0.123 e. The molecule has 1 atom stereocenters. The van der Waals surface area contributed by atoms with Gasteiger partial charge in [-0.25, -0.2) is 4.39 Å². The molecule has 0 aliphatic rings. The predicted molar refractivity (Wildman–Crippen MR) is 75.4 cm³/mol. The van der Waals surface area contributed by atoms with Crippen molar-refractivity contribution >= 4 is 15.9 Å². The summed E-state index contributed by atoms with van der Waals surface area (Å²) in [6, 6.07) is 4.48. The molecule has 5 heteroatoms. The molecule has 0 fully saturated rings. The molecule has 1 aromatic heterocycles. The van der Waals surface area contributed by atoms with Crippen molar-refractivity contribution in [1.82, 2.24) is 9.78 Å². The lowest BCUT2D eigenvalue weighted by molar-refractivity contribution is 0.176. The fraction of sp³-hybridized carbons (Fsp3) is 0.357. The Morgan fingerprint density at radius 3 is 2.68 bits per heavy atom. The number of nitrogens with zero attached hydrogens (tertiary/aromatic N) is 2. The molecule has 1 heterocycles. The van der Waals surface area contributed by atoms with Crippen molar-refractivity contribution in [3.63, 3.8) is 0 Å². The van der Waals surface area contributed by atoms with E-state index in [1.807, 2.05) is 20.9 Å². The van der Waals surface area contributed by atoms with Crippen molar-refractivity contribution in [3.8, 4) is 0 Å². The van der Waals surface area contributed by atoms with Gasteiger partial charge in [0.25, 0.3) is 0 Å². The number of halogens is 2. The van der Waals surface area contributed by atoms with Crippen LogP contribution in [0.25, 0.3) is 0 Å². The van der Waals surface area contributed by atoms with E-state index in [4.69, 9.17) is 0 Å². The minimum absolute atomic E-state index is 0.301. The van der Waals surface area contributed by atoms with Gasteiger partial charge in [0.05, 0.1) is 11.8 Å². The molecular weight excluding hydrogens is 311 g/mol. The van der Waals surface area contributed by atoms with Gasteiger partial charge in [-0.15, -0.1) is 0 Å². The van der Waals surface area contributed by atoms with Crippen molar-refractivity contribution < 1.29 is 9.50 Å². The molecule has 0 amide bonds. The van der Waals surface area contributed by atoms with E-state index in [1.54, 1.807) is 10.7 Å². The SMILES string of the molecule is Cc1nn(C)c(C)c1C(O)Cc1cc(F)ccc1Br. The molecule has 1 N–H and O–H groups in total. The Morgan fingerprint density at radius 1 is 1.42 bits per heavy atom. The van der Waals surface area contributed by atoms with Gasteiger partial charge in [-0.3, -0.25) is 4.68 Å². The number of hydrogen-bond donors (Lipinski definition) is 1. The molecule has 102 valence electrons. The summed E-state index contributed by atoms with van der Waals surface area (Å²) in [6.07, 6.45) is -0.335. The summed E-state index contributed by atoms with van der Waals surface area (Å²) in [4.78, 5) is 0. The Morgan fingerprint density at radius 2 is 2.11 bits per heavy atom. The quantitative estimate of drug-likeness (QED) is 0.940. The summed E-state index contributed by atoms with van der Waals surface area (Å²) in [6.45, 7) is 3.78. The maximum atomic E-state index is 13.2. The average molecular weight is 327 g/mol. The van der Waals surface area contributed by atoms with E-state index in [0.29, 0.717) is 6.42 Å². The molecule has 0 bridgehead atoms. The van der Waals surface area contributed by atoms with Crippen LogP contribution in [0.1, 0.15) is 28.6 Å². The molecule has 3 nitrogen and oxygen atoms in total. The lowest BCUT2D eigenvalue weighted by atomic mass is 10.00. The van der Waals surface area contributed by atoms with Crippen LogP contribution >= 0.6 is 15.9 Å². The summed E-state index contributed by atoms with van der Waals surface area (Å²) in [5, 5.41) is 14.7. The highest BCUT2D eigenvalue weighted by Crippen LogP contribution is 2.27. The minimum atomic E-state index is -0.688. The molecule has 2 rings (SSSR count). The van der Waals surface area contributed by atoms with E-state index in [0.717, 1.165) is 27.0 Å². The average Bonchev–Trinajstić information content (AvgIpc) is 2.58. The molecule has 0 saturated heterocycles. The summed E-state index contributed by atoms with van der Waals surface area (Å²) >= 11 is 3.38. The number of aliphatic hydroxyl groups excluding tert-OH is 1. The summed E-state index contributed by atoms with van der Waals surface area (Å²) < 4.78 is 15.8. The second-order valence-electron chi connectivity index (χ2n) is 4.66. The largest absolute Gasteiger partial charge is 0.388 e. The van der Waals surface area contributed by atoms with Gasteiger partial charge in [0.1, 0.15) is 5.82 Å². The van der Waals surface area contributed by atoms with Crippen LogP contribution in [0.4, 0.5) is 4.39 Å². The van der Waals surface area contributed by atoms with Crippen LogP contribution in [0.2, 0.25) is 0 Å². The number of aliphatic hydroxyl groups is 1. The molecule has 0 spiro atoms. The highest BCUT2D eigenvalue weighted by Gasteiger charge is 2.19. The van der Waals surface area contributed by atoms with Crippen LogP contribution in [0, 0.1) is 19.7 Å². The first-order valence-corrected chi connectivity index (χ1v) is 6.81. The Labute approximate surface area is 120 Å². The van der Waals surface area contributed by atoms with Crippen molar-refractivity contribution in [2.75, 3.05) is 0 Å². The summed E-state index contributed by atoms with van der Waals surface area (Å²) in [5.41, 5.74) is 3.30. The van der Waals surface area contributed by atoms with Crippen LogP contribution in [0.3, 0.4) is 0 Å². The Balaban J connectivity index is 2.30. The van der Waals surface area contributed by atoms with Crippen molar-refractivity contribution in [2.45, 2.75) is 26.4 Å². The first-order valence-electron chi connectivity index (χ1n) is 6.02. The van der Waals surface area contributed by atoms with Gasteiger partial charge in [-0.2, -0.15) is 5.10 Å². The zero-order chi connectivity index (χ0) is 14.2. The van der Waals surface area contributed by atoms with Crippen LogP contribution in [-0.4, -0.2) is 14.9 Å². The normalized spacial score (nSPS) is 12.7. The standard InChI is InChI=1S/C14H16BrFN2O/c1-8-14(9(2)18(3)17-8)13(19)7-10-6-11(16)4-5-12(10)15/h4-6,13,19H,7H2,1-3H3. The highest BCUT2D eigenvalue weighted by atomic mass is 79.9. The fourth-order valence-electron chi connectivity index (χ4n) is 2.28. The topological polar surface area (TPSA) is 38.0 Å². The number of rotatable bonds is 3. The van der Waals surface area contributed by atoms with Gasteiger partial charge < -0.3 is 5.11 Å². The number of benzene rings is 1. The summed E-state index contributed by atoms with van der Waals surface area (Å²) in [5.74, 6) is -0.301. The van der Waals surface area contributed by atoms with Gasteiger partial charge in [0.2, 0.25) is 0 Å². The Bertz CT molecular complexity index is 610. The third kappa shape index (κ3) is 2.87. The predicted octanol–water partition coefficient (Wildman–Crippen LogP) is 3.21. The van der Waals surface area contributed by atoms with Crippen LogP contribution in [0.5, 0.6) is 0 Å². The minimum Gasteiger partial charge on any atom is -0.388 e. The number of hydrogen-bond acceptors (Lipinski definition) is 2. The van der Waals surface area contributed by atoms with Crippen molar-refractivity contribution in [1.29, 1.82) is 0 Å². The van der Waals surface area contributed by atoms with E-state index in [1.165, 1.54) is 12.1 Å². The zero-order valence-corrected chi connectivity index (χ0v) is 12.7. The van der Waals surface area contributed by atoms with E-state index < -0.39 is 6.10 Å². The third-order valence-corrected chi connectivity index (χ3v) is 4.09. The fourth-order valence-corrected chi connectivity index (χ4v) is 2.69. The molecule has 0 aliphatic heterocycles. The monoisotopic (exact) mass is 326 g/mol. The summed E-state index contributed by atoms with van der Waals surface area (Å²) in [7, 11) is 1.84. The molecular formula is C14H16BrFN2O. The molecule has 0 aliphatic carbocycles. The molecule has 0 saturated carbocycles. The van der Waals surface area contributed by atoms with E-state index in [2.05, 4.69) is 21.0 Å². The van der Waals surface area contributed by atoms with Crippen LogP contribution in [-0.2, 0) is 13.5 Å². The lowest BCUT2D eigenvalue weighted by Crippen LogP contribution is -2.05. The molecule has 0 radical (unpaired) electrons. The number of aromatic nitrogens is 2. The molecule has 1 aromatic carbocycles. The second-order valence-corrected chi connectivity index (χ2v) is 5.52. The highest BCUT2D eigenvalue weighted by molar-refractivity contribution is 9.10. The van der Waals surface area contributed by atoms with Gasteiger partial charge in [0, 0.05) is 29.2 Å². The molecule has 19 heavy (non-hydrogen) atoms. The van der Waals surface area contributed by atoms with Crippen LogP contribution in [0.15, 0.2) is 22.7 Å². The van der Waals surface area contributed by atoms with E-state index in [-0.39, 0.29) is 5.82 Å². The Kier molecular flexibility index (Phi) is 4.06. The Hall–Kier alpha value is -1.20. The van der Waals surface area contributed by atoms with Gasteiger partial charge >= 0.3 is 0 Å². The first-order chi connectivity index (χ1) is 8.90. The maximum absolute atomic E-state index is 13.2. The maximum Gasteiger partial charge on any atom is 0.123 e. The third-order valence-electron chi connectivity index (χ3n) is 3.32.